The Morgan fingerprint density at radius 2 is 1.52 bits per heavy atom. The molecule has 0 radical (unpaired) electrons. The van der Waals surface area contributed by atoms with Crippen LogP contribution in [0.25, 0.3) is 0 Å². The smallest absolute Gasteiger partial charge is 0.0841 e. The molecule has 170 valence electrons. The van der Waals surface area contributed by atoms with Gasteiger partial charge in [-0.15, -0.1) is 23.2 Å². The Morgan fingerprint density at radius 1 is 0.871 bits per heavy atom. The van der Waals surface area contributed by atoms with Crippen molar-refractivity contribution >= 4 is 23.2 Å². The molecule has 0 saturated carbocycles. The van der Waals surface area contributed by atoms with Crippen molar-refractivity contribution in [3.05, 3.63) is 69.8 Å². The van der Waals surface area contributed by atoms with Gasteiger partial charge < -0.3 is 0 Å². The van der Waals surface area contributed by atoms with Crippen LogP contribution in [0.4, 0.5) is 0 Å². The van der Waals surface area contributed by atoms with Gasteiger partial charge in [0, 0.05) is 0 Å². The van der Waals surface area contributed by atoms with E-state index >= 15 is 0 Å². The first kappa shape index (κ1) is 24.7. The van der Waals surface area contributed by atoms with Gasteiger partial charge in [0.25, 0.3) is 0 Å². The predicted molar refractivity (Wildman–Crippen MR) is 138 cm³/mol. The van der Waals surface area contributed by atoms with Crippen LogP contribution in [0, 0.1) is 5.92 Å². The minimum Gasteiger partial charge on any atom is -0.113 e. The van der Waals surface area contributed by atoms with Gasteiger partial charge in [-0.3, -0.25) is 0 Å². The van der Waals surface area contributed by atoms with E-state index in [1.807, 2.05) is 0 Å². The summed E-state index contributed by atoms with van der Waals surface area (Å²) in [5.41, 5.74) is 7.93. The molecule has 3 rings (SSSR count). The Bertz CT molecular complexity index is 814. The fourth-order valence-corrected chi connectivity index (χ4v) is 6.04. The predicted octanol–water partition coefficient (Wildman–Crippen LogP) is 10.4. The van der Waals surface area contributed by atoms with E-state index in [4.69, 9.17) is 23.2 Å². The molecule has 0 bridgehead atoms. The molecule has 2 aliphatic rings. The highest BCUT2D eigenvalue weighted by Crippen LogP contribution is 2.51. The normalized spacial score (nSPS) is 29.9. The summed E-state index contributed by atoms with van der Waals surface area (Å²) in [6.45, 7) is 6.90. The Labute approximate surface area is 200 Å². The number of benzene rings is 1. The molecule has 1 aromatic rings. The maximum Gasteiger partial charge on any atom is 0.0841 e. The number of fused-ring (bicyclic) bond motifs is 2. The summed E-state index contributed by atoms with van der Waals surface area (Å²) in [5, 5.41) is -0.193. The zero-order valence-electron chi connectivity index (χ0n) is 19.7. The molecule has 3 unspecified atom stereocenters. The van der Waals surface area contributed by atoms with Gasteiger partial charge in [0.1, 0.15) is 0 Å². The molecule has 0 aliphatic heterocycles. The molecule has 0 aromatic heterocycles. The Morgan fingerprint density at radius 3 is 2.23 bits per heavy atom. The van der Waals surface area contributed by atoms with Crippen LogP contribution in [-0.4, -0.2) is 0 Å². The number of hydrogen-bond donors (Lipinski definition) is 0. The molecule has 0 N–H and O–H groups in total. The fraction of sp³-hybridized carbons (Fsp3) is 0.586. The quantitative estimate of drug-likeness (QED) is 0.206. The third kappa shape index (κ3) is 6.52. The summed E-state index contributed by atoms with van der Waals surface area (Å²) >= 11 is 14.1. The molecule has 0 amide bonds. The van der Waals surface area contributed by atoms with E-state index in [1.54, 1.807) is 5.57 Å². The highest BCUT2D eigenvalue weighted by molar-refractivity contribution is 6.27. The first-order valence-electron chi connectivity index (χ1n) is 12.5. The van der Waals surface area contributed by atoms with Crippen LogP contribution in [0.15, 0.2) is 58.7 Å². The SMILES string of the molecule is CCCCCCCCC/C1=C/C(C)C/C=C2/C(=C(\C)CC1)C(Cl)c1ccccc1C2Cl. The molecule has 2 heteroatoms. The molecule has 0 fully saturated rings. The van der Waals surface area contributed by atoms with Gasteiger partial charge >= 0.3 is 0 Å². The second-order valence-electron chi connectivity index (χ2n) is 9.62. The van der Waals surface area contributed by atoms with E-state index in [0.717, 1.165) is 19.3 Å². The molecule has 0 heterocycles. The molecule has 0 spiro atoms. The van der Waals surface area contributed by atoms with Crippen molar-refractivity contribution in [2.45, 2.75) is 102 Å². The average Bonchev–Trinajstić information content (AvgIpc) is 2.77. The maximum atomic E-state index is 7.06. The minimum absolute atomic E-state index is 0.0947. The monoisotopic (exact) mass is 458 g/mol. The fourth-order valence-electron chi connectivity index (χ4n) is 5.12. The summed E-state index contributed by atoms with van der Waals surface area (Å²) in [6, 6.07) is 8.43. The summed E-state index contributed by atoms with van der Waals surface area (Å²) in [4.78, 5) is 0. The molecule has 3 atom stereocenters. The average molecular weight is 460 g/mol. The molecular weight excluding hydrogens is 419 g/mol. The van der Waals surface area contributed by atoms with Crippen LogP contribution in [-0.2, 0) is 0 Å². The van der Waals surface area contributed by atoms with Gasteiger partial charge in [-0.2, -0.15) is 0 Å². The number of allylic oxidation sites excluding steroid dienone is 6. The highest BCUT2D eigenvalue weighted by Gasteiger charge is 2.33. The van der Waals surface area contributed by atoms with Gasteiger partial charge in [0.15, 0.2) is 0 Å². The van der Waals surface area contributed by atoms with Crippen molar-refractivity contribution in [1.29, 1.82) is 0 Å². The standard InChI is InChI=1S/C29H40Cl2/c1-4-5-6-7-8-9-10-13-23-18-17-22(3)27-26(19-16-21(2)20-23)28(30)24-14-11-12-15-25(24)29(27)31/h11-12,14-15,19-21,28-29H,4-10,13,16-18H2,1-3H3/b23-20-,26-19-,27-22-. The van der Waals surface area contributed by atoms with Crippen LogP contribution in [0.1, 0.15) is 113 Å². The summed E-state index contributed by atoms with van der Waals surface area (Å²) in [5.74, 6) is 0.543. The van der Waals surface area contributed by atoms with Crippen molar-refractivity contribution in [3.63, 3.8) is 0 Å². The molecule has 1 aromatic carbocycles. The topological polar surface area (TPSA) is 0 Å². The lowest BCUT2D eigenvalue weighted by atomic mass is 9.79. The van der Waals surface area contributed by atoms with Gasteiger partial charge in [-0.05, 0) is 67.2 Å². The first-order valence-corrected chi connectivity index (χ1v) is 13.4. The summed E-state index contributed by atoms with van der Waals surface area (Å²) < 4.78 is 0. The second-order valence-corrected chi connectivity index (χ2v) is 10.5. The molecule has 2 aliphatic carbocycles. The van der Waals surface area contributed by atoms with Crippen molar-refractivity contribution in [2.24, 2.45) is 5.92 Å². The van der Waals surface area contributed by atoms with Gasteiger partial charge in [0.05, 0.1) is 10.8 Å². The Balaban J connectivity index is 1.72. The van der Waals surface area contributed by atoms with Gasteiger partial charge in [-0.1, -0.05) is 99.9 Å². The van der Waals surface area contributed by atoms with Crippen molar-refractivity contribution < 1.29 is 0 Å². The molecule has 0 nitrogen and oxygen atoms in total. The lowest BCUT2D eigenvalue weighted by molar-refractivity contribution is 0.582. The molecule has 0 saturated heterocycles. The highest BCUT2D eigenvalue weighted by atomic mass is 35.5. The second kappa shape index (κ2) is 12.3. The van der Waals surface area contributed by atoms with Crippen LogP contribution >= 0.6 is 23.2 Å². The zero-order valence-corrected chi connectivity index (χ0v) is 21.2. The van der Waals surface area contributed by atoms with Crippen LogP contribution in [0.2, 0.25) is 0 Å². The van der Waals surface area contributed by atoms with Gasteiger partial charge in [-0.25, -0.2) is 0 Å². The van der Waals surface area contributed by atoms with E-state index in [2.05, 4.69) is 57.2 Å². The van der Waals surface area contributed by atoms with E-state index in [-0.39, 0.29) is 10.8 Å². The number of unbranched alkanes of at least 4 members (excludes halogenated alkanes) is 6. The summed E-state index contributed by atoms with van der Waals surface area (Å²) in [7, 11) is 0. The summed E-state index contributed by atoms with van der Waals surface area (Å²) in [6.07, 6.45) is 19.1. The molecular formula is C29H40Cl2. The van der Waals surface area contributed by atoms with Crippen molar-refractivity contribution in [3.8, 4) is 0 Å². The Hall–Kier alpha value is -0.980. The maximum absolute atomic E-state index is 7.06. The van der Waals surface area contributed by atoms with E-state index in [1.165, 1.54) is 79.2 Å². The number of halogens is 2. The largest absolute Gasteiger partial charge is 0.113 e. The van der Waals surface area contributed by atoms with E-state index in [9.17, 15) is 0 Å². The van der Waals surface area contributed by atoms with Crippen molar-refractivity contribution in [2.75, 3.05) is 0 Å². The van der Waals surface area contributed by atoms with E-state index < -0.39 is 0 Å². The van der Waals surface area contributed by atoms with Gasteiger partial charge in [0.2, 0.25) is 0 Å². The minimum atomic E-state index is -0.0982. The lowest BCUT2D eigenvalue weighted by Gasteiger charge is -2.33. The van der Waals surface area contributed by atoms with Crippen LogP contribution in [0.3, 0.4) is 0 Å². The number of alkyl halides is 2. The number of rotatable bonds is 8. The third-order valence-corrected chi connectivity index (χ3v) is 7.92. The van der Waals surface area contributed by atoms with Crippen molar-refractivity contribution in [1.82, 2.24) is 0 Å². The van der Waals surface area contributed by atoms with Crippen LogP contribution < -0.4 is 0 Å². The lowest BCUT2D eigenvalue weighted by Crippen LogP contribution is -2.16. The first-order chi connectivity index (χ1) is 15.0. The third-order valence-electron chi connectivity index (χ3n) is 6.99. The zero-order chi connectivity index (χ0) is 22.2. The Kier molecular flexibility index (Phi) is 9.79. The van der Waals surface area contributed by atoms with Crippen LogP contribution in [0.5, 0.6) is 0 Å². The molecule has 31 heavy (non-hydrogen) atoms. The number of hydrogen-bond acceptors (Lipinski definition) is 0. The van der Waals surface area contributed by atoms with E-state index in [0.29, 0.717) is 5.92 Å².